The van der Waals surface area contributed by atoms with Crippen LogP contribution in [0.5, 0.6) is 0 Å². The number of pyridine rings is 1. The average Bonchev–Trinajstić information content (AvgIpc) is 1.88. The van der Waals surface area contributed by atoms with Crippen LogP contribution in [0.4, 0.5) is 0 Å². The van der Waals surface area contributed by atoms with Gasteiger partial charge in [-0.15, -0.1) is 0 Å². The minimum absolute atomic E-state index is 0. The molecule has 1 rings (SSSR count). The van der Waals surface area contributed by atoms with Gasteiger partial charge in [0.25, 0.3) is 0 Å². The summed E-state index contributed by atoms with van der Waals surface area (Å²) >= 11 is 0. The Balaban J connectivity index is 0. The van der Waals surface area contributed by atoms with Crippen LogP contribution in [0, 0.1) is 0 Å². The van der Waals surface area contributed by atoms with E-state index in [1.54, 1.807) is 12.4 Å². The topological polar surface area (TPSA) is 87.5 Å². The Bertz CT molecular complexity index is 240. The maximum atomic E-state index is 8.74. The van der Waals surface area contributed by atoms with Crippen LogP contribution in [0.1, 0.15) is 0 Å². The lowest BCUT2D eigenvalue weighted by molar-refractivity contribution is 0.381. The molecule has 1 aromatic rings. The molecule has 0 saturated heterocycles. The van der Waals surface area contributed by atoms with Crippen molar-refractivity contribution in [2.45, 2.75) is 0 Å². The summed E-state index contributed by atoms with van der Waals surface area (Å²) in [5.74, 6) is 0. The molecule has 0 unspecified atom stereocenters. The second-order valence-electron chi connectivity index (χ2n) is 1.47. The van der Waals surface area contributed by atoms with E-state index in [0.29, 0.717) is 0 Å². The second-order valence-corrected chi connectivity index (χ2v) is 2.37. The number of aromatic nitrogens is 1. The molecule has 0 spiro atoms. The summed E-state index contributed by atoms with van der Waals surface area (Å²) in [5, 5.41) is 0. The van der Waals surface area contributed by atoms with Gasteiger partial charge in [-0.2, -0.15) is 8.42 Å². The molecule has 0 radical (unpaired) electrons. The van der Waals surface area contributed by atoms with E-state index in [4.69, 9.17) is 17.5 Å². The average molecular weight is 204 g/mol. The number of hydrogen-bond donors (Lipinski definition) is 2. The van der Waals surface area contributed by atoms with E-state index >= 15 is 0 Å². The molecule has 0 atom stereocenters. The van der Waals surface area contributed by atoms with Crippen molar-refractivity contribution in [2.24, 2.45) is 0 Å². The van der Waals surface area contributed by atoms with E-state index in [-0.39, 0.29) is 23.1 Å². The highest BCUT2D eigenvalue weighted by Gasteiger charge is 1.84. The van der Waals surface area contributed by atoms with Crippen molar-refractivity contribution in [1.29, 1.82) is 0 Å². The molecule has 1 aromatic heterocycles. The Kier molecular flexibility index (Phi) is 8.87. The lowest BCUT2D eigenvalue weighted by Crippen LogP contribution is -1.89. The molecule has 0 fully saturated rings. The Morgan fingerprint density at radius 2 is 1.33 bits per heavy atom. The summed E-state index contributed by atoms with van der Waals surface area (Å²) in [6.45, 7) is 0. The summed E-state index contributed by atoms with van der Waals surface area (Å²) in [7, 11) is -4.67. The van der Waals surface area contributed by atoms with Gasteiger partial charge >= 0.3 is 33.5 Å². The molecule has 12 heavy (non-hydrogen) atoms. The minimum Gasteiger partial charge on any atom is -0.265 e. The lowest BCUT2D eigenvalue weighted by Gasteiger charge is -1.70. The third-order valence-electron chi connectivity index (χ3n) is 0.566. The van der Waals surface area contributed by atoms with Crippen molar-refractivity contribution in [3.8, 4) is 0 Å². The molecule has 7 heteroatoms. The molecular weight excluding hydrogens is 194 g/mol. The van der Waals surface area contributed by atoms with Crippen LogP contribution in [0.3, 0.4) is 0 Å². The second kappa shape index (κ2) is 7.44. The van der Waals surface area contributed by atoms with Crippen LogP contribution in [0.2, 0.25) is 0 Å². The summed E-state index contributed by atoms with van der Waals surface area (Å²) in [6, 6.07) is 5.72. The zero-order chi connectivity index (χ0) is 8.74. The standard InChI is InChI=1S/C5H5N.Mg.H2O4S.2H/c1-2-4-6-5-3-1;;1-5(2,3)4;;/h1-5H;;(H2,1,2,3,4);;. The molecule has 0 aliphatic carbocycles. The summed E-state index contributed by atoms with van der Waals surface area (Å²) in [4.78, 5) is 3.78. The summed E-state index contributed by atoms with van der Waals surface area (Å²) in [5.41, 5.74) is 0. The van der Waals surface area contributed by atoms with E-state index in [9.17, 15) is 0 Å². The Morgan fingerprint density at radius 3 is 1.42 bits per heavy atom. The maximum Gasteiger partial charge on any atom is 0.394 e. The molecule has 5 nitrogen and oxygen atoms in total. The molecule has 0 amide bonds. The van der Waals surface area contributed by atoms with Gasteiger partial charge in [-0.05, 0) is 12.1 Å². The maximum absolute atomic E-state index is 8.74. The summed E-state index contributed by atoms with van der Waals surface area (Å²) < 4.78 is 31.6. The van der Waals surface area contributed by atoms with E-state index < -0.39 is 10.4 Å². The van der Waals surface area contributed by atoms with Gasteiger partial charge in [0.15, 0.2) is 0 Å². The molecule has 2 N–H and O–H groups in total. The van der Waals surface area contributed by atoms with Crippen molar-refractivity contribution in [3.05, 3.63) is 30.6 Å². The Morgan fingerprint density at radius 1 is 1.00 bits per heavy atom. The smallest absolute Gasteiger partial charge is 0.265 e. The van der Waals surface area contributed by atoms with Gasteiger partial charge in [-0.1, -0.05) is 6.07 Å². The highest BCUT2D eigenvalue weighted by Crippen LogP contribution is 1.73. The zero-order valence-electron chi connectivity index (χ0n) is 5.45. The van der Waals surface area contributed by atoms with Crippen LogP contribution in [0.15, 0.2) is 30.6 Å². The fourth-order valence-corrected chi connectivity index (χ4v) is 0.313. The first-order valence-corrected chi connectivity index (χ1v) is 3.95. The van der Waals surface area contributed by atoms with Crippen molar-refractivity contribution < 1.29 is 17.5 Å². The van der Waals surface area contributed by atoms with Crippen molar-refractivity contribution in [1.82, 2.24) is 4.98 Å². The van der Waals surface area contributed by atoms with Crippen LogP contribution in [-0.4, -0.2) is 45.6 Å². The third-order valence-corrected chi connectivity index (χ3v) is 0.566. The summed E-state index contributed by atoms with van der Waals surface area (Å²) in [6.07, 6.45) is 3.50. The highest BCUT2D eigenvalue weighted by atomic mass is 32.3. The first kappa shape index (κ1) is 14.3. The monoisotopic (exact) mass is 203 g/mol. The van der Waals surface area contributed by atoms with E-state index in [2.05, 4.69) is 4.98 Å². The molecular formula is C5H9MgNO4S. The van der Waals surface area contributed by atoms with Crippen molar-refractivity contribution >= 4 is 33.5 Å². The molecule has 0 bridgehead atoms. The molecule has 0 aliphatic rings. The normalized spacial score (nSPS) is 8.83. The van der Waals surface area contributed by atoms with Crippen molar-refractivity contribution in [3.63, 3.8) is 0 Å². The SMILES string of the molecule is O=S(=O)(O)O.[MgH2].c1ccncc1. The van der Waals surface area contributed by atoms with Crippen LogP contribution >= 0.6 is 0 Å². The quantitative estimate of drug-likeness (QED) is 0.439. The molecule has 0 saturated carbocycles. The number of rotatable bonds is 0. The first-order chi connectivity index (χ1) is 5.00. The van der Waals surface area contributed by atoms with Gasteiger partial charge in [-0.25, -0.2) is 0 Å². The molecule has 66 valence electrons. The first-order valence-electron chi connectivity index (χ1n) is 2.55. The van der Waals surface area contributed by atoms with Gasteiger partial charge in [0, 0.05) is 12.4 Å². The largest absolute Gasteiger partial charge is 0.394 e. The molecule has 0 aliphatic heterocycles. The van der Waals surface area contributed by atoms with E-state index in [1.807, 2.05) is 18.2 Å². The molecule has 1 heterocycles. The Labute approximate surface area is 86.6 Å². The van der Waals surface area contributed by atoms with Gasteiger partial charge in [0.05, 0.1) is 0 Å². The number of nitrogens with zero attached hydrogens (tertiary/aromatic N) is 1. The van der Waals surface area contributed by atoms with Crippen molar-refractivity contribution in [2.75, 3.05) is 0 Å². The zero-order valence-corrected chi connectivity index (χ0v) is 6.27. The fourth-order valence-electron chi connectivity index (χ4n) is 0.313. The van der Waals surface area contributed by atoms with E-state index in [1.165, 1.54) is 0 Å². The predicted molar refractivity (Wildman–Crippen MR) is 47.0 cm³/mol. The van der Waals surface area contributed by atoms with Gasteiger partial charge in [-0.3, -0.25) is 14.1 Å². The van der Waals surface area contributed by atoms with Crippen LogP contribution in [0.25, 0.3) is 0 Å². The van der Waals surface area contributed by atoms with E-state index in [0.717, 1.165) is 0 Å². The van der Waals surface area contributed by atoms with Gasteiger partial charge < -0.3 is 0 Å². The van der Waals surface area contributed by atoms with Gasteiger partial charge in [0.1, 0.15) is 0 Å². The predicted octanol–water partition coefficient (Wildman–Crippen LogP) is -0.487. The van der Waals surface area contributed by atoms with Gasteiger partial charge in [0.2, 0.25) is 0 Å². The van der Waals surface area contributed by atoms with Crippen LogP contribution in [-0.2, 0) is 10.4 Å². The third kappa shape index (κ3) is 22.6. The van der Waals surface area contributed by atoms with Crippen LogP contribution < -0.4 is 0 Å². The Hall–Kier alpha value is -0.214. The molecule has 0 aromatic carbocycles. The highest BCUT2D eigenvalue weighted by molar-refractivity contribution is 7.79. The lowest BCUT2D eigenvalue weighted by atomic mass is 10.5. The fraction of sp³-hybridized carbons (Fsp3) is 0. The minimum atomic E-state index is -4.67. The number of hydrogen-bond acceptors (Lipinski definition) is 3.